The summed E-state index contributed by atoms with van der Waals surface area (Å²) in [6, 6.07) is 18.9. The molecular weight excluding hydrogens is 529 g/mol. The first-order valence-corrected chi connectivity index (χ1v) is 15.4. The van der Waals surface area contributed by atoms with E-state index in [1.165, 1.54) is 22.6 Å². The molecule has 8 heteroatoms. The summed E-state index contributed by atoms with van der Waals surface area (Å²) in [4.78, 5) is 12.6. The summed E-state index contributed by atoms with van der Waals surface area (Å²) in [5.74, 6) is -0.195. The van der Waals surface area contributed by atoms with Crippen molar-refractivity contribution in [3.05, 3.63) is 66.7 Å². The topological polar surface area (TPSA) is 97.3 Å². The molecule has 4 aromatic rings. The number of aliphatic hydroxyl groups excluding tert-OH is 2. The Morgan fingerprint density at radius 1 is 0.905 bits per heavy atom. The number of aliphatic hydroxyl groups is 2. The minimum atomic E-state index is -1.31. The molecule has 0 aliphatic carbocycles. The Balaban J connectivity index is 1.06. The van der Waals surface area contributed by atoms with E-state index < -0.39 is 37.8 Å². The van der Waals surface area contributed by atoms with E-state index in [9.17, 15) is 15.0 Å². The molecule has 4 aromatic carbocycles. The van der Waals surface area contributed by atoms with Crippen molar-refractivity contribution < 1.29 is 29.1 Å². The number of ether oxygens (including phenoxy) is 1. The van der Waals surface area contributed by atoms with Gasteiger partial charge in [-0.1, -0.05) is 92.9 Å². The number of rotatable bonds is 11. The van der Waals surface area contributed by atoms with Crippen LogP contribution in [0.2, 0.25) is 0 Å². The van der Waals surface area contributed by atoms with Gasteiger partial charge in [-0.25, -0.2) is 0 Å². The van der Waals surface area contributed by atoms with Crippen LogP contribution in [-0.2, 0) is 18.8 Å². The molecule has 6 rings (SSSR count). The zero-order valence-corrected chi connectivity index (χ0v) is 24.2. The fourth-order valence-corrected chi connectivity index (χ4v) is 6.45. The average molecular weight is 570 g/mol. The van der Waals surface area contributed by atoms with Crippen LogP contribution in [0.5, 0.6) is 0 Å². The number of fused-ring (bicyclic) bond motifs is 1. The number of hydrogen-bond donors (Lipinski definition) is 3. The van der Waals surface area contributed by atoms with Crippen LogP contribution in [-0.4, -0.2) is 60.5 Å². The minimum absolute atomic E-state index is 0.168. The third-order valence-corrected chi connectivity index (χ3v) is 8.67. The molecule has 2 saturated heterocycles. The lowest BCUT2D eigenvalue weighted by Gasteiger charge is -2.46. The summed E-state index contributed by atoms with van der Waals surface area (Å²) >= 11 is 0. The first-order chi connectivity index (χ1) is 20.5. The fraction of sp³-hybridized carbons (Fsp3) is 0.441. The predicted molar refractivity (Wildman–Crippen MR) is 167 cm³/mol. The zero-order valence-electron chi connectivity index (χ0n) is 24.2. The summed E-state index contributed by atoms with van der Waals surface area (Å²) in [5, 5.41) is 31.5. The van der Waals surface area contributed by atoms with E-state index in [1.807, 2.05) is 6.07 Å². The highest BCUT2D eigenvalue weighted by Gasteiger charge is 2.50. The van der Waals surface area contributed by atoms with Gasteiger partial charge in [0.1, 0.15) is 24.4 Å². The van der Waals surface area contributed by atoms with E-state index >= 15 is 0 Å². The van der Waals surface area contributed by atoms with Gasteiger partial charge >= 0.3 is 7.12 Å². The first kappa shape index (κ1) is 29.1. The van der Waals surface area contributed by atoms with Crippen molar-refractivity contribution in [1.82, 2.24) is 5.32 Å². The summed E-state index contributed by atoms with van der Waals surface area (Å²) in [6.45, 7) is 2.31. The van der Waals surface area contributed by atoms with E-state index in [0.717, 1.165) is 60.1 Å². The van der Waals surface area contributed by atoms with Crippen molar-refractivity contribution in [1.29, 1.82) is 0 Å². The van der Waals surface area contributed by atoms with Crippen LogP contribution in [0.4, 0.5) is 0 Å². The Hall–Kier alpha value is -3.01. The molecule has 2 aliphatic heterocycles. The van der Waals surface area contributed by atoms with Gasteiger partial charge in [0.25, 0.3) is 0 Å². The first-order valence-electron chi connectivity index (χ1n) is 15.4. The van der Waals surface area contributed by atoms with Crippen LogP contribution in [0.15, 0.2) is 66.7 Å². The van der Waals surface area contributed by atoms with Gasteiger partial charge in [-0.15, -0.1) is 0 Å². The van der Waals surface area contributed by atoms with Gasteiger partial charge < -0.3 is 29.6 Å². The van der Waals surface area contributed by atoms with Crippen molar-refractivity contribution in [2.45, 2.75) is 88.9 Å². The number of amides is 1. The average Bonchev–Trinajstić information content (AvgIpc) is 3.01. The van der Waals surface area contributed by atoms with Crippen LogP contribution in [0.3, 0.4) is 0 Å². The Morgan fingerprint density at radius 2 is 1.62 bits per heavy atom. The van der Waals surface area contributed by atoms with Crippen molar-refractivity contribution in [2.24, 2.45) is 0 Å². The number of carbonyl (C=O) groups excluding carboxylic acids is 1. The number of allylic oxidation sites excluding steroid dienone is 2. The summed E-state index contributed by atoms with van der Waals surface area (Å²) in [7, 11) is -0.727. The van der Waals surface area contributed by atoms with E-state index in [0.29, 0.717) is 6.42 Å². The van der Waals surface area contributed by atoms with Gasteiger partial charge in [0, 0.05) is 6.42 Å². The molecule has 0 saturated carbocycles. The molecule has 0 bridgehead atoms. The van der Waals surface area contributed by atoms with E-state index in [1.54, 1.807) is 0 Å². The Kier molecular flexibility index (Phi) is 9.07. The molecule has 7 nitrogen and oxygen atoms in total. The normalized spacial score (nSPS) is 24.6. The largest absolute Gasteiger partial charge is 0.494 e. The van der Waals surface area contributed by atoms with Gasteiger partial charge in [-0.3, -0.25) is 4.79 Å². The molecular formula is C34H40BNO6. The van der Waals surface area contributed by atoms with Gasteiger partial charge in [-0.2, -0.15) is 0 Å². The summed E-state index contributed by atoms with van der Waals surface area (Å²) in [6.07, 6.45) is 7.20. The van der Waals surface area contributed by atoms with E-state index in [2.05, 4.69) is 72.9 Å². The van der Waals surface area contributed by atoms with Crippen molar-refractivity contribution in [3.63, 3.8) is 0 Å². The number of hydrogen-bond acceptors (Lipinski definition) is 6. The Morgan fingerprint density at radius 3 is 2.43 bits per heavy atom. The smallest absolute Gasteiger partial charge is 0.404 e. The fourth-order valence-electron chi connectivity index (χ4n) is 6.45. The maximum absolute atomic E-state index is 12.6. The van der Waals surface area contributed by atoms with Gasteiger partial charge in [-0.05, 0) is 63.5 Å². The predicted octanol–water partition coefficient (Wildman–Crippen LogP) is 4.95. The number of unbranched alkanes of at least 4 members (excludes halogenated alkanes) is 5. The zero-order chi connectivity index (χ0) is 29.1. The highest BCUT2D eigenvalue weighted by Crippen LogP contribution is 2.34. The minimum Gasteiger partial charge on any atom is -0.404 e. The van der Waals surface area contributed by atoms with Crippen LogP contribution in [0.25, 0.3) is 32.3 Å². The van der Waals surface area contributed by atoms with E-state index in [4.69, 9.17) is 14.0 Å². The SMILES string of the molecule is CC/C=C\CCCCCCCC(=O)N[C@@H]1O[C@@H]2COB(c3ccc4ccc5cccc6ccc3c4c56)O[C@H]2[C@H](O)[C@H]1O. The van der Waals surface area contributed by atoms with Gasteiger partial charge in [0.15, 0.2) is 6.23 Å². The van der Waals surface area contributed by atoms with Crippen LogP contribution in [0, 0.1) is 0 Å². The molecule has 5 atom stereocenters. The van der Waals surface area contributed by atoms with Gasteiger partial charge in [0.2, 0.25) is 5.91 Å². The van der Waals surface area contributed by atoms with Gasteiger partial charge in [0.05, 0.1) is 6.61 Å². The lowest BCUT2D eigenvalue weighted by atomic mass is 9.72. The lowest BCUT2D eigenvalue weighted by Crippen LogP contribution is -2.67. The monoisotopic (exact) mass is 569 g/mol. The highest BCUT2D eigenvalue weighted by molar-refractivity contribution is 6.65. The Bertz CT molecular complexity index is 1520. The maximum Gasteiger partial charge on any atom is 0.494 e. The van der Waals surface area contributed by atoms with Crippen LogP contribution < -0.4 is 10.8 Å². The van der Waals surface area contributed by atoms with Crippen LogP contribution in [0.1, 0.15) is 58.3 Å². The lowest BCUT2D eigenvalue weighted by molar-refractivity contribution is -0.242. The third-order valence-electron chi connectivity index (χ3n) is 8.67. The molecule has 0 radical (unpaired) electrons. The molecule has 1 amide bonds. The highest BCUT2D eigenvalue weighted by atomic mass is 16.7. The second kappa shape index (κ2) is 13.1. The molecule has 0 unspecified atom stereocenters. The molecule has 3 N–H and O–H groups in total. The summed E-state index contributed by atoms with van der Waals surface area (Å²) in [5.41, 5.74) is 0.869. The molecule has 220 valence electrons. The quantitative estimate of drug-likeness (QED) is 0.102. The summed E-state index contributed by atoms with van der Waals surface area (Å²) < 4.78 is 18.4. The van der Waals surface area contributed by atoms with E-state index in [-0.39, 0.29) is 12.5 Å². The molecule has 2 fully saturated rings. The molecule has 42 heavy (non-hydrogen) atoms. The second-order valence-electron chi connectivity index (χ2n) is 11.6. The molecule has 2 aliphatic rings. The maximum atomic E-state index is 12.6. The van der Waals surface area contributed by atoms with Crippen molar-refractivity contribution in [2.75, 3.05) is 6.61 Å². The standard InChI is InChI=1S/C34H40BNO6/c1-2-3-4-5-6-7-8-9-10-14-28(37)36-34-32(39)31(38)33-27(41-34)21-40-35(42-33)26-20-18-24-16-15-22-12-11-13-23-17-19-25(26)30(24)29(22)23/h3-4,11-13,15-20,27,31-34,38-39H,2,5-10,14,21H2,1H3,(H,36,37)/b4-3-/t27-,31-,32-,33-,34-/m1/s1. The molecule has 0 aromatic heterocycles. The number of nitrogens with one attached hydrogen (secondary N) is 1. The second-order valence-corrected chi connectivity index (χ2v) is 11.6. The van der Waals surface area contributed by atoms with Crippen molar-refractivity contribution >= 4 is 50.8 Å². The Labute approximate surface area is 247 Å². The number of carbonyl (C=O) groups is 1. The molecule has 0 spiro atoms. The number of benzene rings is 4. The third kappa shape index (κ3) is 5.92. The molecule has 2 heterocycles. The van der Waals surface area contributed by atoms with Crippen molar-refractivity contribution in [3.8, 4) is 0 Å². The van der Waals surface area contributed by atoms with Crippen LogP contribution >= 0.6 is 0 Å².